The molecule has 0 aromatic carbocycles. The van der Waals surface area contributed by atoms with Gasteiger partial charge in [-0.1, -0.05) is 6.92 Å². The molecule has 0 amide bonds. The normalized spacial score (nSPS) is 15.5. The minimum absolute atomic E-state index is 1.17. The van der Waals surface area contributed by atoms with Crippen LogP contribution in [0.15, 0.2) is 0 Å². The minimum atomic E-state index is 1.17. The quantitative estimate of drug-likeness (QED) is 0.764. The Morgan fingerprint density at radius 2 is 2.08 bits per heavy atom. The summed E-state index contributed by atoms with van der Waals surface area (Å²) in [6, 6.07) is 0. The average Bonchev–Trinajstić information content (AvgIpc) is 2.55. The van der Waals surface area contributed by atoms with E-state index in [4.69, 9.17) is 0 Å². The highest BCUT2D eigenvalue weighted by atomic mass is 32.1. The van der Waals surface area contributed by atoms with Crippen molar-refractivity contribution in [3.8, 4) is 0 Å². The van der Waals surface area contributed by atoms with E-state index in [0.29, 0.717) is 0 Å². The Balaban J connectivity index is 2.44. The summed E-state index contributed by atoms with van der Waals surface area (Å²) in [6.07, 6.45) is 6.55. The van der Waals surface area contributed by atoms with E-state index in [1.165, 1.54) is 37.8 Å². The van der Waals surface area contributed by atoms with E-state index in [1.54, 1.807) is 15.3 Å². The fourth-order valence-electron chi connectivity index (χ4n) is 2.16. The van der Waals surface area contributed by atoms with Gasteiger partial charge >= 0.3 is 0 Å². The van der Waals surface area contributed by atoms with Crippen LogP contribution < -0.4 is 5.32 Å². The van der Waals surface area contributed by atoms with Gasteiger partial charge in [-0.25, -0.2) is 0 Å². The molecule has 1 heterocycles. The molecule has 0 unspecified atom stereocenters. The molecule has 2 heteroatoms. The van der Waals surface area contributed by atoms with Crippen LogP contribution in [0.25, 0.3) is 0 Å². The van der Waals surface area contributed by atoms with Gasteiger partial charge in [0.2, 0.25) is 0 Å². The van der Waals surface area contributed by atoms with Crippen LogP contribution in [0.3, 0.4) is 0 Å². The van der Waals surface area contributed by atoms with Crippen LogP contribution in [-0.2, 0) is 19.3 Å². The standard InChI is InChI=1S/C11H17NS/c1-3-9-11(12-2)8-6-4-5-7-10(8)13-9/h12H,3-7H2,1-2H3. The smallest absolute Gasteiger partial charge is 0.0514 e. The SMILES string of the molecule is CCc1sc2c(c1NC)CCCC2. The molecule has 0 radical (unpaired) electrons. The summed E-state index contributed by atoms with van der Waals surface area (Å²) in [6.45, 7) is 2.25. The largest absolute Gasteiger partial charge is 0.387 e. The Labute approximate surface area is 84.2 Å². The van der Waals surface area contributed by atoms with Crippen LogP contribution in [0.4, 0.5) is 5.69 Å². The Morgan fingerprint density at radius 3 is 2.77 bits per heavy atom. The maximum atomic E-state index is 3.37. The predicted molar refractivity (Wildman–Crippen MR) is 59.9 cm³/mol. The molecule has 0 saturated carbocycles. The molecule has 1 N–H and O–H groups in total. The molecule has 2 rings (SSSR count). The lowest BCUT2D eigenvalue weighted by atomic mass is 9.97. The lowest BCUT2D eigenvalue weighted by Gasteiger charge is -2.12. The monoisotopic (exact) mass is 195 g/mol. The van der Waals surface area contributed by atoms with Crippen molar-refractivity contribution in [2.75, 3.05) is 12.4 Å². The Morgan fingerprint density at radius 1 is 1.31 bits per heavy atom. The summed E-state index contributed by atoms with van der Waals surface area (Å²) in [5.41, 5.74) is 3.07. The van der Waals surface area contributed by atoms with Gasteiger partial charge in [-0.3, -0.25) is 0 Å². The molecule has 1 aliphatic rings. The van der Waals surface area contributed by atoms with Crippen molar-refractivity contribution < 1.29 is 0 Å². The van der Waals surface area contributed by atoms with Crippen LogP contribution in [-0.4, -0.2) is 7.05 Å². The van der Waals surface area contributed by atoms with Crippen molar-refractivity contribution in [1.29, 1.82) is 0 Å². The van der Waals surface area contributed by atoms with Crippen LogP contribution >= 0.6 is 11.3 Å². The van der Waals surface area contributed by atoms with Crippen molar-refractivity contribution in [1.82, 2.24) is 0 Å². The van der Waals surface area contributed by atoms with Crippen LogP contribution in [0.5, 0.6) is 0 Å². The molecule has 0 fully saturated rings. The summed E-state index contributed by atoms with van der Waals surface area (Å²) in [5.74, 6) is 0. The molecule has 0 atom stereocenters. The predicted octanol–water partition coefficient (Wildman–Crippen LogP) is 3.23. The van der Waals surface area contributed by atoms with Gasteiger partial charge in [-0.15, -0.1) is 11.3 Å². The third-order valence-corrected chi connectivity index (χ3v) is 4.25. The first kappa shape index (κ1) is 9.07. The van der Waals surface area contributed by atoms with Crippen LogP contribution in [0.1, 0.15) is 35.1 Å². The van der Waals surface area contributed by atoms with Gasteiger partial charge < -0.3 is 5.32 Å². The average molecular weight is 195 g/mol. The molecule has 0 saturated heterocycles. The zero-order valence-corrected chi connectivity index (χ0v) is 9.26. The lowest BCUT2D eigenvalue weighted by Crippen LogP contribution is -2.01. The van der Waals surface area contributed by atoms with Crippen molar-refractivity contribution in [3.05, 3.63) is 15.3 Å². The number of thiophene rings is 1. The summed E-state index contributed by atoms with van der Waals surface area (Å²) < 4.78 is 0. The highest BCUT2D eigenvalue weighted by molar-refractivity contribution is 7.12. The zero-order valence-electron chi connectivity index (χ0n) is 8.44. The first-order chi connectivity index (χ1) is 6.36. The highest BCUT2D eigenvalue weighted by Gasteiger charge is 2.18. The number of hydrogen-bond donors (Lipinski definition) is 1. The second-order valence-electron chi connectivity index (χ2n) is 3.61. The molecule has 1 nitrogen and oxygen atoms in total. The second-order valence-corrected chi connectivity index (χ2v) is 4.80. The van der Waals surface area contributed by atoms with Gasteiger partial charge in [-0.2, -0.15) is 0 Å². The molecule has 0 bridgehead atoms. The van der Waals surface area contributed by atoms with E-state index in [2.05, 4.69) is 19.3 Å². The van der Waals surface area contributed by atoms with E-state index in [9.17, 15) is 0 Å². The molecular formula is C11H17NS. The van der Waals surface area contributed by atoms with E-state index in [-0.39, 0.29) is 0 Å². The molecule has 0 spiro atoms. The first-order valence-corrected chi connectivity index (χ1v) is 5.99. The molecule has 72 valence electrons. The highest BCUT2D eigenvalue weighted by Crippen LogP contribution is 2.38. The maximum absolute atomic E-state index is 3.37. The third-order valence-electron chi connectivity index (χ3n) is 2.82. The van der Waals surface area contributed by atoms with Crippen molar-refractivity contribution >= 4 is 17.0 Å². The number of fused-ring (bicyclic) bond motifs is 1. The first-order valence-electron chi connectivity index (χ1n) is 5.18. The zero-order chi connectivity index (χ0) is 9.26. The summed E-state index contributed by atoms with van der Waals surface area (Å²) in [5, 5.41) is 3.37. The number of aryl methyl sites for hydroxylation is 2. The van der Waals surface area contributed by atoms with E-state index < -0.39 is 0 Å². The topological polar surface area (TPSA) is 12.0 Å². The van der Waals surface area contributed by atoms with E-state index >= 15 is 0 Å². The lowest BCUT2D eigenvalue weighted by molar-refractivity contribution is 0.698. The van der Waals surface area contributed by atoms with Gasteiger partial charge in [0, 0.05) is 16.8 Å². The van der Waals surface area contributed by atoms with Crippen LogP contribution in [0, 0.1) is 0 Å². The van der Waals surface area contributed by atoms with Crippen molar-refractivity contribution in [3.63, 3.8) is 0 Å². The Hall–Kier alpha value is -0.500. The molecule has 1 aliphatic carbocycles. The molecule has 13 heavy (non-hydrogen) atoms. The molecule has 1 aromatic rings. The summed E-state index contributed by atoms with van der Waals surface area (Å²) >= 11 is 2.02. The third kappa shape index (κ3) is 1.48. The van der Waals surface area contributed by atoms with Crippen molar-refractivity contribution in [2.24, 2.45) is 0 Å². The van der Waals surface area contributed by atoms with Crippen molar-refractivity contribution in [2.45, 2.75) is 39.0 Å². The molecule has 1 aromatic heterocycles. The van der Waals surface area contributed by atoms with Gasteiger partial charge in [0.1, 0.15) is 0 Å². The van der Waals surface area contributed by atoms with Gasteiger partial charge in [0.25, 0.3) is 0 Å². The number of rotatable bonds is 2. The molecular weight excluding hydrogens is 178 g/mol. The fraction of sp³-hybridized carbons (Fsp3) is 0.636. The Bertz CT molecular complexity index is 291. The minimum Gasteiger partial charge on any atom is -0.387 e. The van der Waals surface area contributed by atoms with Gasteiger partial charge in [0.15, 0.2) is 0 Å². The summed E-state index contributed by atoms with van der Waals surface area (Å²) in [4.78, 5) is 3.20. The second kappa shape index (κ2) is 3.70. The maximum Gasteiger partial charge on any atom is 0.0514 e. The van der Waals surface area contributed by atoms with Crippen LogP contribution in [0.2, 0.25) is 0 Å². The fourth-order valence-corrected chi connectivity index (χ4v) is 3.50. The number of anilines is 1. The number of nitrogens with one attached hydrogen (secondary N) is 1. The molecule has 0 aliphatic heterocycles. The van der Waals surface area contributed by atoms with Gasteiger partial charge in [-0.05, 0) is 37.7 Å². The van der Waals surface area contributed by atoms with E-state index in [1.807, 2.05) is 11.3 Å². The Kier molecular flexibility index (Phi) is 2.58. The van der Waals surface area contributed by atoms with E-state index in [0.717, 1.165) is 0 Å². The van der Waals surface area contributed by atoms with Gasteiger partial charge in [0.05, 0.1) is 5.69 Å². The number of hydrogen-bond acceptors (Lipinski definition) is 2. The summed E-state index contributed by atoms with van der Waals surface area (Å²) in [7, 11) is 2.05.